The number of aryl methyl sites for hydroxylation is 1. The first-order valence-corrected chi connectivity index (χ1v) is 7.39. The van der Waals surface area contributed by atoms with Gasteiger partial charge in [-0.05, 0) is 24.5 Å². The van der Waals surface area contributed by atoms with Crippen LogP contribution in [0.4, 0.5) is 0 Å². The van der Waals surface area contributed by atoms with Gasteiger partial charge in [0.15, 0.2) is 0 Å². The first-order chi connectivity index (χ1) is 10.3. The highest BCUT2D eigenvalue weighted by atomic mass is 16.5. The number of hydrogen-bond donors (Lipinski definition) is 0. The molecule has 0 saturated carbocycles. The maximum Gasteiger partial charge on any atom is 0.0742 e. The van der Waals surface area contributed by atoms with Gasteiger partial charge < -0.3 is 4.74 Å². The van der Waals surface area contributed by atoms with Crippen molar-refractivity contribution >= 4 is 0 Å². The Morgan fingerprint density at radius 3 is 2.90 bits per heavy atom. The van der Waals surface area contributed by atoms with E-state index in [1.54, 1.807) is 0 Å². The monoisotopic (exact) mass is 286 g/mol. The van der Waals surface area contributed by atoms with Crippen LogP contribution < -0.4 is 0 Å². The Kier molecular flexibility index (Phi) is 4.31. The molecule has 5 heteroatoms. The summed E-state index contributed by atoms with van der Waals surface area (Å²) in [5.74, 6) is 0. The minimum absolute atomic E-state index is 0.293. The molecule has 0 unspecified atom stereocenters. The SMILES string of the molecule is CO[C@@H]1CCN(Cc2cnn(C)c2)[C@H]1Cc1cccnc1. The average molecular weight is 286 g/mol. The van der Waals surface area contributed by atoms with Crippen molar-refractivity contribution in [3.05, 3.63) is 48.0 Å². The maximum absolute atomic E-state index is 5.69. The van der Waals surface area contributed by atoms with Gasteiger partial charge in [0.2, 0.25) is 0 Å². The summed E-state index contributed by atoms with van der Waals surface area (Å²) >= 11 is 0. The molecule has 0 bridgehead atoms. The molecule has 0 radical (unpaired) electrons. The van der Waals surface area contributed by atoms with Crippen LogP contribution in [0, 0.1) is 0 Å². The van der Waals surface area contributed by atoms with Crippen LogP contribution in [-0.2, 0) is 24.8 Å². The van der Waals surface area contributed by atoms with Crippen molar-refractivity contribution in [2.45, 2.75) is 31.5 Å². The molecule has 1 saturated heterocycles. The van der Waals surface area contributed by atoms with E-state index in [1.807, 2.05) is 43.5 Å². The van der Waals surface area contributed by atoms with E-state index in [4.69, 9.17) is 4.74 Å². The summed E-state index contributed by atoms with van der Waals surface area (Å²) in [5, 5.41) is 4.26. The smallest absolute Gasteiger partial charge is 0.0742 e. The maximum atomic E-state index is 5.69. The largest absolute Gasteiger partial charge is 0.380 e. The van der Waals surface area contributed by atoms with Gasteiger partial charge >= 0.3 is 0 Å². The van der Waals surface area contributed by atoms with Crippen molar-refractivity contribution < 1.29 is 4.74 Å². The Labute approximate surface area is 125 Å². The van der Waals surface area contributed by atoms with Crippen LogP contribution in [-0.4, -0.2) is 45.5 Å². The van der Waals surface area contributed by atoms with Crippen molar-refractivity contribution in [1.82, 2.24) is 19.7 Å². The van der Waals surface area contributed by atoms with Crippen LogP contribution in [0.2, 0.25) is 0 Å². The number of nitrogens with zero attached hydrogens (tertiary/aromatic N) is 4. The molecule has 0 N–H and O–H groups in total. The van der Waals surface area contributed by atoms with Crippen molar-refractivity contribution in [1.29, 1.82) is 0 Å². The summed E-state index contributed by atoms with van der Waals surface area (Å²) in [6, 6.07) is 4.54. The molecule has 0 amide bonds. The molecule has 3 rings (SSSR count). The van der Waals surface area contributed by atoms with Gasteiger partial charge in [-0.25, -0.2) is 0 Å². The van der Waals surface area contributed by atoms with Gasteiger partial charge in [-0.3, -0.25) is 14.6 Å². The Bertz CT molecular complexity index is 569. The molecule has 2 aromatic rings. The lowest BCUT2D eigenvalue weighted by molar-refractivity contribution is 0.0638. The Balaban J connectivity index is 1.72. The molecule has 0 spiro atoms. The molecule has 21 heavy (non-hydrogen) atoms. The quantitative estimate of drug-likeness (QED) is 0.838. The summed E-state index contributed by atoms with van der Waals surface area (Å²) in [5.41, 5.74) is 2.52. The number of rotatable bonds is 5. The van der Waals surface area contributed by atoms with Gasteiger partial charge in [0.25, 0.3) is 0 Å². The number of aromatic nitrogens is 3. The highest BCUT2D eigenvalue weighted by Gasteiger charge is 2.34. The van der Waals surface area contributed by atoms with Gasteiger partial charge in [0.1, 0.15) is 0 Å². The van der Waals surface area contributed by atoms with E-state index in [0.29, 0.717) is 12.1 Å². The first kappa shape index (κ1) is 14.2. The number of pyridine rings is 1. The normalized spacial score (nSPS) is 22.8. The molecular formula is C16H22N4O. The molecule has 1 aliphatic rings. The van der Waals surface area contributed by atoms with Crippen LogP contribution in [0.5, 0.6) is 0 Å². The molecule has 2 atom stereocenters. The van der Waals surface area contributed by atoms with Crippen molar-refractivity contribution in [2.75, 3.05) is 13.7 Å². The second kappa shape index (κ2) is 6.37. The fourth-order valence-electron chi connectivity index (χ4n) is 3.17. The van der Waals surface area contributed by atoms with Crippen LogP contribution in [0.25, 0.3) is 0 Å². The second-order valence-electron chi connectivity index (χ2n) is 5.69. The molecule has 1 fully saturated rings. The summed E-state index contributed by atoms with van der Waals surface area (Å²) in [6.45, 7) is 2.00. The highest BCUT2D eigenvalue weighted by Crippen LogP contribution is 2.25. The van der Waals surface area contributed by atoms with E-state index >= 15 is 0 Å². The molecule has 1 aliphatic heterocycles. The fourth-order valence-corrected chi connectivity index (χ4v) is 3.17. The summed E-state index contributed by atoms with van der Waals surface area (Å²) < 4.78 is 7.54. The Morgan fingerprint density at radius 1 is 1.33 bits per heavy atom. The molecule has 2 aromatic heterocycles. The average Bonchev–Trinajstić information content (AvgIpc) is 3.08. The first-order valence-electron chi connectivity index (χ1n) is 7.39. The fraction of sp³-hybridized carbons (Fsp3) is 0.500. The van der Waals surface area contributed by atoms with E-state index in [1.165, 1.54) is 11.1 Å². The van der Waals surface area contributed by atoms with E-state index in [-0.39, 0.29) is 0 Å². The van der Waals surface area contributed by atoms with Crippen LogP contribution in [0.15, 0.2) is 36.9 Å². The number of methoxy groups -OCH3 is 1. The molecule has 112 valence electrons. The zero-order valence-corrected chi connectivity index (χ0v) is 12.6. The summed E-state index contributed by atoms with van der Waals surface area (Å²) in [7, 11) is 3.77. The molecule has 5 nitrogen and oxygen atoms in total. The standard InChI is InChI=1S/C16H22N4O/c1-19-11-14(10-18-19)12-20-7-5-16(21-2)15(20)8-13-4-3-6-17-9-13/h3-4,6,9-11,15-16H,5,7-8,12H2,1-2H3/t15-,16+/m0/s1. The molecule has 0 aromatic carbocycles. The van der Waals surface area contributed by atoms with Gasteiger partial charge in [-0.15, -0.1) is 0 Å². The van der Waals surface area contributed by atoms with Gasteiger partial charge in [0.05, 0.1) is 12.3 Å². The highest BCUT2D eigenvalue weighted by molar-refractivity contribution is 5.13. The minimum Gasteiger partial charge on any atom is -0.380 e. The lowest BCUT2D eigenvalue weighted by Gasteiger charge is -2.27. The van der Waals surface area contributed by atoms with E-state index in [2.05, 4.69) is 27.2 Å². The summed E-state index contributed by atoms with van der Waals surface area (Å²) in [4.78, 5) is 6.72. The van der Waals surface area contributed by atoms with Crippen LogP contribution in [0.3, 0.4) is 0 Å². The predicted molar refractivity (Wildman–Crippen MR) is 80.8 cm³/mol. The van der Waals surface area contributed by atoms with Gasteiger partial charge in [-0.1, -0.05) is 6.07 Å². The lowest BCUT2D eigenvalue weighted by Crippen LogP contribution is -2.37. The Hall–Kier alpha value is -1.72. The lowest BCUT2D eigenvalue weighted by atomic mass is 10.0. The third kappa shape index (κ3) is 3.31. The van der Waals surface area contributed by atoms with Crippen molar-refractivity contribution in [2.24, 2.45) is 7.05 Å². The van der Waals surface area contributed by atoms with Crippen LogP contribution in [0.1, 0.15) is 17.5 Å². The third-order valence-electron chi connectivity index (χ3n) is 4.21. The number of ether oxygens (including phenoxy) is 1. The van der Waals surface area contributed by atoms with Crippen molar-refractivity contribution in [3.63, 3.8) is 0 Å². The second-order valence-corrected chi connectivity index (χ2v) is 5.69. The zero-order valence-electron chi connectivity index (χ0n) is 12.6. The number of likely N-dealkylation sites (tertiary alicyclic amines) is 1. The van der Waals surface area contributed by atoms with Gasteiger partial charge in [-0.2, -0.15) is 5.10 Å². The summed E-state index contributed by atoms with van der Waals surface area (Å²) in [6.07, 6.45) is 10.2. The minimum atomic E-state index is 0.293. The topological polar surface area (TPSA) is 43.2 Å². The molecule has 3 heterocycles. The number of hydrogen-bond acceptors (Lipinski definition) is 4. The molecule has 0 aliphatic carbocycles. The predicted octanol–water partition coefficient (Wildman–Crippen LogP) is 1.65. The van der Waals surface area contributed by atoms with E-state index in [0.717, 1.165) is 25.9 Å². The zero-order chi connectivity index (χ0) is 14.7. The van der Waals surface area contributed by atoms with E-state index < -0.39 is 0 Å². The Morgan fingerprint density at radius 2 is 2.24 bits per heavy atom. The van der Waals surface area contributed by atoms with Crippen molar-refractivity contribution in [3.8, 4) is 0 Å². The van der Waals surface area contributed by atoms with E-state index in [9.17, 15) is 0 Å². The van der Waals surface area contributed by atoms with Gasteiger partial charge in [0, 0.05) is 57.4 Å². The molecular weight excluding hydrogens is 264 g/mol. The van der Waals surface area contributed by atoms with Crippen LogP contribution >= 0.6 is 0 Å². The third-order valence-corrected chi connectivity index (χ3v) is 4.21.